The smallest absolute Gasteiger partial charge is 0.222 e. The van der Waals surface area contributed by atoms with Gasteiger partial charge in [-0.05, 0) is 30.7 Å². The first-order valence-corrected chi connectivity index (χ1v) is 7.17. The van der Waals surface area contributed by atoms with Gasteiger partial charge in [0.25, 0.3) is 0 Å². The minimum absolute atomic E-state index is 0.240. The summed E-state index contributed by atoms with van der Waals surface area (Å²) < 4.78 is 0. The van der Waals surface area contributed by atoms with E-state index in [0.717, 1.165) is 24.9 Å². The van der Waals surface area contributed by atoms with E-state index >= 15 is 0 Å². The van der Waals surface area contributed by atoms with E-state index in [2.05, 4.69) is 6.92 Å². The standard InChI is InChI=1S/C16H23NO2/c1-13-7-8-16(19)17(11-9-13)12-10-15(18)14-5-3-2-4-6-14/h2-6,13,15,18H,7-12H2,1H3/t13-,15-/m1/s1. The largest absolute Gasteiger partial charge is 0.388 e. The minimum atomic E-state index is -0.477. The van der Waals surface area contributed by atoms with Crippen LogP contribution in [0.5, 0.6) is 0 Å². The van der Waals surface area contributed by atoms with Gasteiger partial charge in [0.05, 0.1) is 6.10 Å². The van der Waals surface area contributed by atoms with E-state index in [1.807, 2.05) is 35.2 Å². The van der Waals surface area contributed by atoms with Crippen LogP contribution in [0.15, 0.2) is 30.3 Å². The van der Waals surface area contributed by atoms with Crippen molar-refractivity contribution in [3.05, 3.63) is 35.9 Å². The summed E-state index contributed by atoms with van der Waals surface area (Å²) in [6, 6.07) is 9.65. The van der Waals surface area contributed by atoms with Crippen LogP contribution in [0.4, 0.5) is 0 Å². The van der Waals surface area contributed by atoms with Gasteiger partial charge in [-0.15, -0.1) is 0 Å². The zero-order valence-electron chi connectivity index (χ0n) is 11.6. The van der Waals surface area contributed by atoms with Crippen LogP contribution in [-0.4, -0.2) is 29.0 Å². The molecular formula is C16H23NO2. The SMILES string of the molecule is C[C@@H]1CCC(=O)N(CC[C@@H](O)c2ccccc2)CC1. The molecule has 1 aromatic rings. The van der Waals surface area contributed by atoms with Crippen molar-refractivity contribution in [3.63, 3.8) is 0 Å². The highest BCUT2D eigenvalue weighted by molar-refractivity contribution is 5.76. The van der Waals surface area contributed by atoms with Crippen LogP contribution in [0, 0.1) is 5.92 Å². The molecule has 3 nitrogen and oxygen atoms in total. The summed E-state index contributed by atoms with van der Waals surface area (Å²) in [5, 5.41) is 10.1. The molecule has 0 saturated carbocycles. The number of aliphatic hydroxyl groups excluding tert-OH is 1. The summed E-state index contributed by atoms with van der Waals surface area (Å²) in [5.41, 5.74) is 0.929. The number of nitrogens with zero attached hydrogens (tertiary/aromatic N) is 1. The molecule has 1 amide bonds. The van der Waals surface area contributed by atoms with Gasteiger partial charge in [0.1, 0.15) is 0 Å². The normalized spacial score (nSPS) is 22.1. The van der Waals surface area contributed by atoms with E-state index in [4.69, 9.17) is 0 Å². The van der Waals surface area contributed by atoms with Gasteiger partial charge in [0.2, 0.25) is 5.91 Å². The third-order valence-electron chi connectivity index (χ3n) is 3.95. The van der Waals surface area contributed by atoms with Crippen molar-refractivity contribution >= 4 is 5.91 Å². The molecular weight excluding hydrogens is 238 g/mol. The fourth-order valence-electron chi connectivity index (χ4n) is 2.53. The number of carbonyl (C=O) groups excluding carboxylic acids is 1. The van der Waals surface area contributed by atoms with Gasteiger partial charge in [0.15, 0.2) is 0 Å². The van der Waals surface area contributed by atoms with Crippen molar-refractivity contribution < 1.29 is 9.90 Å². The fourth-order valence-corrected chi connectivity index (χ4v) is 2.53. The topological polar surface area (TPSA) is 40.5 Å². The van der Waals surface area contributed by atoms with E-state index in [0.29, 0.717) is 25.3 Å². The molecule has 1 N–H and O–H groups in total. The summed E-state index contributed by atoms with van der Waals surface area (Å²) >= 11 is 0. The fraction of sp³-hybridized carbons (Fsp3) is 0.562. The van der Waals surface area contributed by atoms with Gasteiger partial charge in [-0.25, -0.2) is 0 Å². The molecule has 1 heterocycles. The van der Waals surface area contributed by atoms with Crippen LogP contribution in [-0.2, 0) is 4.79 Å². The van der Waals surface area contributed by atoms with Crippen LogP contribution < -0.4 is 0 Å². The van der Waals surface area contributed by atoms with Crippen LogP contribution in [0.1, 0.15) is 44.3 Å². The molecule has 19 heavy (non-hydrogen) atoms. The molecule has 0 aromatic heterocycles. The Bertz CT molecular complexity index is 404. The third-order valence-corrected chi connectivity index (χ3v) is 3.95. The molecule has 1 aliphatic heterocycles. The van der Waals surface area contributed by atoms with Crippen molar-refractivity contribution in [2.75, 3.05) is 13.1 Å². The van der Waals surface area contributed by atoms with Crippen molar-refractivity contribution in [2.24, 2.45) is 5.92 Å². The Hall–Kier alpha value is -1.35. The molecule has 104 valence electrons. The number of carbonyl (C=O) groups is 1. The summed E-state index contributed by atoms with van der Waals surface area (Å²) in [6.07, 6.45) is 2.87. The van der Waals surface area contributed by atoms with Gasteiger partial charge in [-0.2, -0.15) is 0 Å². The lowest BCUT2D eigenvalue weighted by molar-refractivity contribution is -0.131. The number of likely N-dealkylation sites (tertiary alicyclic amines) is 1. The zero-order chi connectivity index (χ0) is 13.7. The Kier molecular flexibility index (Phi) is 4.97. The van der Waals surface area contributed by atoms with Gasteiger partial charge >= 0.3 is 0 Å². The average Bonchev–Trinajstić information content (AvgIpc) is 2.60. The Morgan fingerprint density at radius 1 is 1.32 bits per heavy atom. The van der Waals surface area contributed by atoms with Crippen molar-refractivity contribution in [3.8, 4) is 0 Å². The first-order chi connectivity index (χ1) is 9.16. The number of benzene rings is 1. The number of aliphatic hydroxyl groups is 1. The van der Waals surface area contributed by atoms with Crippen LogP contribution in [0.2, 0.25) is 0 Å². The summed E-state index contributed by atoms with van der Waals surface area (Å²) in [6.45, 7) is 3.69. The monoisotopic (exact) mass is 261 g/mol. The predicted octanol–water partition coefficient (Wildman–Crippen LogP) is 2.76. The van der Waals surface area contributed by atoms with Crippen molar-refractivity contribution in [1.82, 2.24) is 4.90 Å². The van der Waals surface area contributed by atoms with Crippen LogP contribution in [0.25, 0.3) is 0 Å². The lowest BCUT2D eigenvalue weighted by Crippen LogP contribution is -2.32. The second-order valence-corrected chi connectivity index (χ2v) is 5.53. The lowest BCUT2D eigenvalue weighted by atomic mass is 10.0. The van der Waals surface area contributed by atoms with E-state index in [-0.39, 0.29) is 5.91 Å². The first kappa shape index (κ1) is 14.1. The van der Waals surface area contributed by atoms with Crippen LogP contribution in [0.3, 0.4) is 0 Å². The maximum Gasteiger partial charge on any atom is 0.222 e. The maximum atomic E-state index is 12.0. The van der Waals surface area contributed by atoms with Gasteiger partial charge in [-0.1, -0.05) is 37.3 Å². The van der Waals surface area contributed by atoms with Gasteiger partial charge in [0, 0.05) is 19.5 Å². The van der Waals surface area contributed by atoms with Crippen molar-refractivity contribution in [2.45, 2.75) is 38.7 Å². The molecule has 0 spiro atoms. The predicted molar refractivity (Wildman–Crippen MR) is 75.6 cm³/mol. The second kappa shape index (κ2) is 6.71. The number of hydrogen-bond acceptors (Lipinski definition) is 2. The molecule has 0 aliphatic carbocycles. The van der Waals surface area contributed by atoms with Crippen molar-refractivity contribution in [1.29, 1.82) is 0 Å². The Labute approximate surface area is 115 Å². The Morgan fingerprint density at radius 2 is 2.05 bits per heavy atom. The van der Waals surface area contributed by atoms with E-state index in [9.17, 15) is 9.90 Å². The number of hydrogen-bond donors (Lipinski definition) is 1. The highest BCUT2D eigenvalue weighted by atomic mass is 16.3. The van der Waals surface area contributed by atoms with E-state index in [1.165, 1.54) is 0 Å². The molecule has 1 aromatic carbocycles. The third kappa shape index (κ3) is 4.06. The maximum absolute atomic E-state index is 12.0. The van der Waals surface area contributed by atoms with Gasteiger partial charge < -0.3 is 10.0 Å². The zero-order valence-corrected chi connectivity index (χ0v) is 11.6. The minimum Gasteiger partial charge on any atom is -0.388 e. The summed E-state index contributed by atoms with van der Waals surface area (Å²) in [7, 11) is 0. The Morgan fingerprint density at radius 3 is 2.79 bits per heavy atom. The second-order valence-electron chi connectivity index (χ2n) is 5.53. The average molecular weight is 261 g/mol. The Balaban J connectivity index is 1.86. The highest BCUT2D eigenvalue weighted by Crippen LogP contribution is 2.20. The van der Waals surface area contributed by atoms with Crippen LogP contribution >= 0.6 is 0 Å². The summed E-state index contributed by atoms with van der Waals surface area (Å²) in [4.78, 5) is 13.9. The van der Waals surface area contributed by atoms with E-state index in [1.54, 1.807) is 0 Å². The molecule has 1 aliphatic rings. The quantitative estimate of drug-likeness (QED) is 0.905. The lowest BCUT2D eigenvalue weighted by Gasteiger charge is -2.22. The van der Waals surface area contributed by atoms with E-state index < -0.39 is 6.10 Å². The molecule has 2 atom stereocenters. The first-order valence-electron chi connectivity index (χ1n) is 7.17. The molecule has 0 unspecified atom stereocenters. The van der Waals surface area contributed by atoms with Gasteiger partial charge in [-0.3, -0.25) is 4.79 Å². The summed E-state index contributed by atoms with van der Waals surface area (Å²) in [5.74, 6) is 0.873. The molecule has 0 bridgehead atoms. The molecule has 1 fully saturated rings. The number of rotatable bonds is 4. The number of amides is 1. The molecule has 1 saturated heterocycles. The molecule has 2 rings (SSSR count). The molecule has 0 radical (unpaired) electrons. The molecule has 3 heteroatoms. The highest BCUT2D eigenvalue weighted by Gasteiger charge is 2.20.